The maximum atomic E-state index is 13.3. The van der Waals surface area contributed by atoms with E-state index in [0.29, 0.717) is 40.7 Å². The number of methoxy groups -OCH3 is 1. The molecule has 0 unspecified atom stereocenters. The first-order valence-corrected chi connectivity index (χ1v) is 12.4. The van der Waals surface area contributed by atoms with Gasteiger partial charge in [0.15, 0.2) is 16.7 Å². The second-order valence-corrected chi connectivity index (χ2v) is 8.65. The van der Waals surface area contributed by atoms with Crippen LogP contribution in [-0.4, -0.2) is 41.5 Å². The molecular weight excluding hydrogens is 462 g/mol. The minimum atomic E-state index is -0.172. The summed E-state index contributed by atoms with van der Waals surface area (Å²) < 4.78 is 12.5. The van der Waals surface area contributed by atoms with E-state index in [-0.39, 0.29) is 17.2 Å². The molecule has 7 nitrogen and oxygen atoms in total. The Labute approximate surface area is 208 Å². The number of nitrogens with one attached hydrogen (secondary N) is 1. The molecular formula is C27H27N3O4S. The van der Waals surface area contributed by atoms with Gasteiger partial charge in [0, 0.05) is 0 Å². The van der Waals surface area contributed by atoms with Gasteiger partial charge in [-0.25, -0.2) is 4.98 Å². The molecule has 0 fully saturated rings. The minimum Gasteiger partial charge on any atom is -0.493 e. The average Bonchev–Trinajstić information content (AvgIpc) is 2.90. The molecule has 0 spiro atoms. The van der Waals surface area contributed by atoms with Crippen LogP contribution in [0.1, 0.15) is 12.5 Å². The van der Waals surface area contributed by atoms with Crippen molar-refractivity contribution < 1.29 is 14.3 Å². The van der Waals surface area contributed by atoms with Crippen molar-refractivity contribution in [1.82, 2.24) is 14.9 Å². The Morgan fingerprint density at radius 2 is 1.71 bits per heavy atom. The minimum absolute atomic E-state index is 0.118. The zero-order valence-electron chi connectivity index (χ0n) is 19.7. The Kier molecular flexibility index (Phi) is 8.05. The van der Waals surface area contributed by atoms with E-state index in [0.717, 1.165) is 12.1 Å². The quantitative estimate of drug-likeness (QED) is 0.204. The van der Waals surface area contributed by atoms with Crippen molar-refractivity contribution in [3.05, 3.63) is 88.7 Å². The SMILES string of the molecule is CCc1ccc(-n2c(SCC(=O)NCCOc3ccccc3OC)nc3ccccc3c2=O)cc1. The lowest BCUT2D eigenvalue weighted by Crippen LogP contribution is -2.30. The number of carbonyl (C=O) groups is 1. The molecule has 0 bridgehead atoms. The molecule has 1 aromatic heterocycles. The van der Waals surface area contributed by atoms with E-state index in [9.17, 15) is 9.59 Å². The molecule has 4 aromatic rings. The third-order valence-corrected chi connectivity index (χ3v) is 6.37. The van der Waals surface area contributed by atoms with Crippen molar-refractivity contribution in [1.29, 1.82) is 0 Å². The molecule has 1 N–H and O–H groups in total. The number of carbonyl (C=O) groups excluding carboxylic acids is 1. The van der Waals surface area contributed by atoms with Gasteiger partial charge in [-0.05, 0) is 48.4 Å². The maximum absolute atomic E-state index is 13.3. The van der Waals surface area contributed by atoms with Crippen LogP contribution in [0.5, 0.6) is 11.5 Å². The molecule has 35 heavy (non-hydrogen) atoms. The van der Waals surface area contributed by atoms with Crippen molar-refractivity contribution in [2.75, 3.05) is 26.0 Å². The van der Waals surface area contributed by atoms with Gasteiger partial charge in [0.1, 0.15) is 6.61 Å². The number of hydrogen-bond acceptors (Lipinski definition) is 6. The molecule has 0 aliphatic rings. The maximum Gasteiger partial charge on any atom is 0.266 e. The van der Waals surface area contributed by atoms with Crippen molar-refractivity contribution in [2.45, 2.75) is 18.5 Å². The van der Waals surface area contributed by atoms with Gasteiger partial charge >= 0.3 is 0 Å². The number of aromatic nitrogens is 2. The fourth-order valence-corrected chi connectivity index (χ4v) is 4.43. The summed E-state index contributed by atoms with van der Waals surface area (Å²) in [5.41, 5.74) is 2.35. The van der Waals surface area contributed by atoms with Gasteiger partial charge < -0.3 is 14.8 Å². The van der Waals surface area contributed by atoms with Crippen LogP contribution >= 0.6 is 11.8 Å². The van der Waals surface area contributed by atoms with Crippen molar-refractivity contribution in [2.24, 2.45) is 0 Å². The van der Waals surface area contributed by atoms with E-state index in [1.54, 1.807) is 23.8 Å². The summed E-state index contributed by atoms with van der Waals surface area (Å²) in [6.07, 6.45) is 0.910. The van der Waals surface area contributed by atoms with Gasteiger partial charge in [0.05, 0.1) is 36.0 Å². The summed E-state index contributed by atoms with van der Waals surface area (Å²) in [7, 11) is 1.58. The Hall–Kier alpha value is -3.78. The molecule has 1 heterocycles. The van der Waals surface area contributed by atoms with E-state index in [1.165, 1.54) is 17.3 Å². The van der Waals surface area contributed by atoms with Gasteiger partial charge in [-0.15, -0.1) is 0 Å². The van der Waals surface area contributed by atoms with E-state index >= 15 is 0 Å². The van der Waals surface area contributed by atoms with Crippen LogP contribution in [0.3, 0.4) is 0 Å². The molecule has 0 atom stereocenters. The van der Waals surface area contributed by atoms with Crippen LogP contribution < -0.4 is 20.3 Å². The normalized spacial score (nSPS) is 10.8. The standard InChI is InChI=1S/C27H27N3O4S/c1-3-19-12-14-20(15-13-19)30-26(32)21-8-4-5-9-22(21)29-27(30)35-18-25(31)28-16-17-34-24-11-7-6-10-23(24)33-2/h4-15H,3,16-18H2,1-2H3,(H,28,31). The third kappa shape index (κ3) is 5.84. The summed E-state index contributed by atoms with van der Waals surface area (Å²) >= 11 is 1.23. The number of para-hydroxylation sites is 3. The van der Waals surface area contributed by atoms with Crippen LogP contribution in [0.2, 0.25) is 0 Å². The fourth-order valence-electron chi connectivity index (χ4n) is 3.59. The highest BCUT2D eigenvalue weighted by Gasteiger charge is 2.15. The summed E-state index contributed by atoms with van der Waals surface area (Å²) in [6.45, 7) is 2.73. The van der Waals surface area contributed by atoms with Crippen LogP contribution in [-0.2, 0) is 11.2 Å². The van der Waals surface area contributed by atoms with Gasteiger partial charge in [-0.1, -0.05) is 55.1 Å². The first-order chi connectivity index (χ1) is 17.1. The number of ether oxygens (including phenoxy) is 2. The zero-order valence-corrected chi connectivity index (χ0v) is 20.5. The molecule has 4 rings (SSSR count). The number of nitrogens with zero attached hydrogens (tertiary/aromatic N) is 2. The largest absolute Gasteiger partial charge is 0.493 e. The fraction of sp³-hybridized carbons (Fsp3) is 0.222. The highest BCUT2D eigenvalue weighted by Crippen LogP contribution is 2.25. The number of thioether (sulfide) groups is 1. The first-order valence-electron chi connectivity index (χ1n) is 11.4. The van der Waals surface area contributed by atoms with E-state index in [2.05, 4.69) is 17.2 Å². The van der Waals surface area contributed by atoms with Crippen LogP contribution in [0, 0.1) is 0 Å². The summed E-state index contributed by atoms with van der Waals surface area (Å²) in [6, 6.07) is 22.4. The monoisotopic (exact) mass is 489 g/mol. The lowest BCUT2D eigenvalue weighted by atomic mass is 10.1. The smallest absolute Gasteiger partial charge is 0.266 e. The third-order valence-electron chi connectivity index (χ3n) is 5.43. The molecule has 8 heteroatoms. The second kappa shape index (κ2) is 11.6. The Morgan fingerprint density at radius 3 is 2.46 bits per heavy atom. The summed E-state index contributed by atoms with van der Waals surface area (Å²) in [5, 5.41) is 3.85. The van der Waals surface area contributed by atoms with Crippen LogP contribution in [0.4, 0.5) is 0 Å². The zero-order chi connectivity index (χ0) is 24.6. The predicted octanol–water partition coefficient (Wildman–Crippen LogP) is 4.24. The molecule has 0 saturated carbocycles. The Morgan fingerprint density at radius 1 is 1.00 bits per heavy atom. The first kappa shape index (κ1) is 24.3. The predicted molar refractivity (Wildman–Crippen MR) is 139 cm³/mol. The number of benzene rings is 3. The summed E-state index contributed by atoms with van der Waals surface area (Å²) in [5.74, 6) is 1.21. The number of rotatable bonds is 10. The van der Waals surface area contributed by atoms with Crippen LogP contribution in [0.25, 0.3) is 16.6 Å². The second-order valence-electron chi connectivity index (χ2n) is 7.71. The molecule has 1 amide bonds. The van der Waals surface area contributed by atoms with Gasteiger partial charge in [0.2, 0.25) is 5.91 Å². The molecule has 180 valence electrons. The Bertz CT molecular complexity index is 1370. The Balaban J connectivity index is 1.45. The van der Waals surface area contributed by atoms with Gasteiger partial charge in [-0.3, -0.25) is 14.2 Å². The average molecular weight is 490 g/mol. The van der Waals surface area contributed by atoms with E-state index in [4.69, 9.17) is 9.47 Å². The van der Waals surface area contributed by atoms with E-state index in [1.807, 2.05) is 60.7 Å². The lowest BCUT2D eigenvalue weighted by molar-refractivity contribution is -0.118. The van der Waals surface area contributed by atoms with Crippen LogP contribution in [0.15, 0.2) is 82.7 Å². The van der Waals surface area contributed by atoms with Crippen molar-refractivity contribution in [3.8, 4) is 17.2 Å². The number of amides is 1. The number of fused-ring (bicyclic) bond motifs is 1. The lowest BCUT2D eigenvalue weighted by Gasteiger charge is -2.14. The number of aryl methyl sites for hydroxylation is 1. The molecule has 0 saturated heterocycles. The van der Waals surface area contributed by atoms with Crippen molar-refractivity contribution >= 4 is 28.6 Å². The highest BCUT2D eigenvalue weighted by atomic mass is 32.2. The summed E-state index contributed by atoms with van der Waals surface area (Å²) in [4.78, 5) is 30.5. The highest BCUT2D eigenvalue weighted by molar-refractivity contribution is 7.99. The number of hydrogen-bond donors (Lipinski definition) is 1. The van der Waals surface area contributed by atoms with Crippen molar-refractivity contribution in [3.63, 3.8) is 0 Å². The molecule has 0 radical (unpaired) electrons. The molecule has 0 aliphatic carbocycles. The molecule has 3 aromatic carbocycles. The van der Waals surface area contributed by atoms with Gasteiger partial charge in [-0.2, -0.15) is 0 Å². The van der Waals surface area contributed by atoms with Gasteiger partial charge in [0.25, 0.3) is 5.56 Å². The topological polar surface area (TPSA) is 82.5 Å². The van der Waals surface area contributed by atoms with E-state index < -0.39 is 0 Å². The molecule has 0 aliphatic heterocycles.